The summed E-state index contributed by atoms with van der Waals surface area (Å²) in [4.78, 5) is 14.1. The number of hydrogen-bond donors (Lipinski definition) is 0. The van der Waals surface area contributed by atoms with Gasteiger partial charge in [-0.25, -0.2) is 4.98 Å². The highest BCUT2D eigenvalue weighted by Gasteiger charge is 2.19. The zero-order valence-corrected chi connectivity index (χ0v) is 14.5. The highest BCUT2D eigenvalue weighted by molar-refractivity contribution is 6.30. The van der Waals surface area contributed by atoms with Crippen LogP contribution in [0.2, 0.25) is 5.02 Å². The summed E-state index contributed by atoms with van der Waals surface area (Å²) in [6, 6.07) is 13.7. The Morgan fingerprint density at radius 2 is 1.88 bits per heavy atom. The van der Waals surface area contributed by atoms with Crippen LogP contribution in [0.1, 0.15) is 5.56 Å². The van der Waals surface area contributed by atoms with Gasteiger partial charge in [-0.3, -0.25) is 4.90 Å². The molecule has 24 heavy (non-hydrogen) atoms. The Morgan fingerprint density at radius 1 is 1.12 bits per heavy atom. The zero-order valence-electron chi connectivity index (χ0n) is 13.7. The summed E-state index contributed by atoms with van der Waals surface area (Å²) in [5, 5.41) is 4.92. The molecule has 1 aromatic heterocycles. The van der Waals surface area contributed by atoms with Crippen LogP contribution in [0.4, 0.5) is 5.82 Å². The number of aromatic nitrogens is 1. The summed E-state index contributed by atoms with van der Waals surface area (Å²) in [6.45, 7) is 4.60. The Kier molecular flexibility index (Phi) is 5.67. The van der Waals surface area contributed by atoms with Crippen LogP contribution in [0.15, 0.2) is 53.8 Å². The molecule has 1 saturated heterocycles. The third kappa shape index (κ3) is 4.24. The fourth-order valence-corrected chi connectivity index (χ4v) is 2.94. The molecule has 2 aromatic rings. The Balaban J connectivity index is 1.61. The fraction of sp³-hybridized carbons (Fsp3) is 0.333. The van der Waals surface area contributed by atoms with Gasteiger partial charge in [-0.05, 0) is 24.3 Å². The molecule has 0 unspecified atom stereocenters. The van der Waals surface area contributed by atoms with Gasteiger partial charge in [-0.15, -0.1) is 0 Å². The van der Waals surface area contributed by atoms with Crippen LogP contribution >= 0.6 is 11.6 Å². The molecule has 1 aromatic carbocycles. The molecule has 0 N–H and O–H groups in total. The second kappa shape index (κ2) is 8.13. The first-order chi connectivity index (χ1) is 11.8. The van der Waals surface area contributed by atoms with Crippen LogP contribution in [0, 0.1) is 0 Å². The lowest BCUT2D eigenvalue weighted by atomic mass is 10.1. The van der Waals surface area contributed by atoms with Crippen molar-refractivity contribution in [2.75, 3.05) is 44.7 Å². The lowest BCUT2D eigenvalue weighted by Crippen LogP contribution is -2.48. The topological polar surface area (TPSA) is 41.0 Å². The average molecular weight is 345 g/mol. The normalized spacial score (nSPS) is 16.2. The van der Waals surface area contributed by atoms with Gasteiger partial charge in [0.25, 0.3) is 0 Å². The van der Waals surface area contributed by atoms with Crippen molar-refractivity contribution in [3.8, 4) is 0 Å². The molecule has 0 aliphatic carbocycles. The van der Waals surface area contributed by atoms with E-state index in [2.05, 4.69) is 26.0 Å². The van der Waals surface area contributed by atoms with Crippen molar-refractivity contribution in [2.45, 2.75) is 0 Å². The maximum atomic E-state index is 5.97. The first kappa shape index (κ1) is 16.7. The molecule has 0 bridgehead atoms. The van der Waals surface area contributed by atoms with Gasteiger partial charge in [0.05, 0.1) is 0 Å². The van der Waals surface area contributed by atoms with E-state index in [1.165, 1.54) is 0 Å². The van der Waals surface area contributed by atoms with E-state index in [9.17, 15) is 0 Å². The van der Waals surface area contributed by atoms with E-state index in [-0.39, 0.29) is 0 Å². The van der Waals surface area contributed by atoms with E-state index in [4.69, 9.17) is 16.4 Å². The molecule has 0 radical (unpaired) electrons. The van der Waals surface area contributed by atoms with Crippen LogP contribution in [0.25, 0.3) is 0 Å². The molecular weight excluding hydrogens is 324 g/mol. The standard InChI is InChI=1S/C18H21ClN4O/c1-24-21-17(15-5-7-16(19)8-6-15)14-22-10-12-23(13-11-22)18-4-2-3-9-20-18/h2-9H,10-14H2,1H3/b21-17-. The van der Waals surface area contributed by atoms with Crippen molar-refractivity contribution >= 4 is 23.1 Å². The van der Waals surface area contributed by atoms with E-state index in [1.807, 2.05) is 42.6 Å². The summed E-state index contributed by atoms with van der Waals surface area (Å²) in [6.07, 6.45) is 1.84. The Labute approximate surface area is 147 Å². The average Bonchev–Trinajstić information content (AvgIpc) is 2.63. The second-order valence-corrected chi connectivity index (χ2v) is 6.12. The van der Waals surface area contributed by atoms with Crippen LogP contribution in [-0.2, 0) is 4.84 Å². The van der Waals surface area contributed by atoms with Crippen molar-refractivity contribution in [2.24, 2.45) is 5.16 Å². The molecule has 0 spiro atoms. The molecule has 0 amide bonds. The number of piperazine rings is 1. The third-order valence-electron chi connectivity index (χ3n) is 4.10. The summed E-state index contributed by atoms with van der Waals surface area (Å²) in [7, 11) is 1.58. The summed E-state index contributed by atoms with van der Waals surface area (Å²) < 4.78 is 0. The maximum Gasteiger partial charge on any atom is 0.128 e. The molecule has 126 valence electrons. The second-order valence-electron chi connectivity index (χ2n) is 5.68. The lowest BCUT2D eigenvalue weighted by molar-refractivity contribution is 0.209. The van der Waals surface area contributed by atoms with Crippen LogP contribution in [0.3, 0.4) is 0 Å². The summed E-state index contributed by atoms with van der Waals surface area (Å²) >= 11 is 5.97. The first-order valence-corrected chi connectivity index (χ1v) is 8.38. The van der Waals surface area contributed by atoms with Crippen LogP contribution in [0.5, 0.6) is 0 Å². The Morgan fingerprint density at radius 3 is 2.50 bits per heavy atom. The molecule has 1 fully saturated rings. The number of benzene rings is 1. The van der Waals surface area contributed by atoms with Gasteiger partial charge < -0.3 is 9.74 Å². The van der Waals surface area contributed by atoms with Crippen molar-refractivity contribution in [1.82, 2.24) is 9.88 Å². The van der Waals surface area contributed by atoms with Crippen LogP contribution in [-0.4, -0.2) is 55.4 Å². The molecule has 2 heterocycles. The van der Waals surface area contributed by atoms with E-state index in [0.29, 0.717) is 0 Å². The van der Waals surface area contributed by atoms with E-state index in [1.54, 1.807) is 7.11 Å². The molecule has 6 heteroatoms. The molecule has 1 aliphatic rings. The van der Waals surface area contributed by atoms with Gasteiger partial charge >= 0.3 is 0 Å². The van der Waals surface area contributed by atoms with Gasteiger partial charge in [0.2, 0.25) is 0 Å². The van der Waals surface area contributed by atoms with Crippen molar-refractivity contribution < 1.29 is 4.84 Å². The van der Waals surface area contributed by atoms with Gasteiger partial charge in [0.15, 0.2) is 0 Å². The number of hydrogen-bond acceptors (Lipinski definition) is 5. The number of rotatable bonds is 5. The summed E-state index contributed by atoms with van der Waals surface area (Å²) in [5.41, 5.74) is 1.95. The van der Waals surface area contributed by atoms with Gasteiger partial charge in [0.1, 0.15) is 18.6 Å². The molecule has 0 saturated carbocycles. The van der Waals surface area contributed by atoms with Crippen LogP contribution < -0.4 is 4.90 Å². The largest absolute Gasteiger partial charge is 0.399 e. The maximum absolute atomic E-state index is 5.97. The first-order valence-electron chi connectivity index (χ1n) is 8.00. The minimum absolute atomic E-state index is 0.722. The van der Waals surface area contributed by atoms with E-state index in [0.717, 1.165) is 54.8 Å². The third-order valence-corrected chi connectivity index (χ3v) is 4.35. The number of halogens is 1. The fourth-order valence-electron chi connectivity index (χ4n) is 2.81. The Bertz CT molecular complexity index is 667. The quantitative estimate of drug-likeness (QED) is 0.617. The Hall–Kier alpha value is -2.11. The lowest BCUT2D eigenvalue weighted by Gasteiger charge is -2.35. The molecule has 1 aliphatic heterocycles. The zero-order chi connectivity index (χ0) is 16.8. The van der Waals surface area contributed by atoms with Crippen molar-refractivity contribution in [3.05, 3.63) is 59.2 Å². The SMILES string of the molecule is CO/N=C(/CN1CCN(c2ccccn2)CC1)c1ccc(Cl)cc1. The smallest absolute Gasteiger partial charge is 0.128 e. The van der Waals surface area contributed by atoms with Gasteiger partial charge in [0, 0.05) is 49.5 Å². The monoisotopic (exact) mass is 344 g/mol. The van der Waals surface area contributed by atoms with E-state index < -0.39 is 0 Å². The van der Waals surface area contributed by atoms with Gasteiger partial charge in [-0.2, -0.15) is 0 Å². The van der Waals surface area contributed by atoms with E-state index >= 15 is 0 Å². The predicted molar refractivity (Wildman–Crippen MR) is 97.9 cm³/mol. The molecular formula is C18H21ClN4O. The predicted octanol–water partition coefficient (Wildman–Crippen LogP) is 2.91. The molecule has 5 nitrogen and oxygen atoms in total. The van der Waals surface area contributed by atoms with Crippen molar-refractivity contribution in [3.63, 3.8) is 0 Å². The van der Waals surface area contributed by atoms with Crippen molar-refractivity contribution in [1.29, 1.82) is 0 Å². The number of oxime groups is 1. The molecule has 0 atom stereocenters. The number of pyridine rings is 1. The minimum Gasteiger partial charge on any atom is -0.399 e. The molecule has 3 rings (SSSR count). The number of anilines is 1. The summed E-state index contributed by atoms with van der Waals surface area (Å²) in [5.74, 6) is 1.04. The minimum atomic E-state index is 0.722. The number of nitrogens with zero attached hydrogens (tertiary/aromatic N) is 4. The highest BCUT2D eigenvalue weighted by Crippen LogP contribution is 2.14. The highest BCUT2D eigenvalue weighted by atomic mass is 35.5. The van der Waals surface area contributed by atoms with Gasteiger partial charge in [-0.1, -0.05) is 35.0 Å².